The van der Waals surface area contributed by atoms with E-state index in [2.05, 4.69) is 15.2 Å². The van der Waals surface area contributed by atoms with Gasteiger partial charge in [0.1, 0.15) is 12.4 Å². The molecule has 0 amide bonds. The zero-order valence-corrected chi connectivity index (χ0v) is 15.1. The number of halogens is 2. The second-order valence-electron chi connectivity index (χ2n) is 4.96. The Bertz CT molecular complexity index is 880. The lowest BCUT2D eigenvalue weighted by Gasteiger charge is -2.05. The fourth-order valence-electron chi connectivity index (χ4n) is 1.94. The van der Waals surface area contributed by atoms with Crippen molar-refractivity contribution in [3.05, 3.63) is 68.6 Å². The zero-order chi connectivity index (χ0) is 16.9. The first kappa shape index (κ1) is 16.9. The quantitative estimate of drug-likeness (QED) is 0.552. The van der Waals surface area contributed by atoms with Gasteiger partial charge in [0.25, 0.3) is 0 Å². The van der Waals surface area contributed by atoms with Gasteiger partial charge in [0.05, 0.1) is 5.02 Å². The molecule has 0 aliphatic rings. The largest absolute Gasteiger partial charge is 0.485 e. The van der Waals surface area contributed by atoms with Crippen LogP contribution in [0.1, 0.15) is 16.1 Å². The maximum Gasteiger partial charge on any atom is 0.231 e. The van der Waals surface area contributed by atoms with Gasteiger partial charge in [-0.2, -0.15) is 0 Å². The lowest BCUT2D eigenvalue weighted by molar-refractivity contribution is 0.305. The van der Waals surface area contributed by atoms with E-state index in [0.29, 0.717) is 20.9 Å². The average molecular weight is 378 g/mol. The van der Waals surface area contributed by atoms with Gasteiger partial charge >= 0.3 is 0 Å². The first-order chi connectivity index (χ1) is 11.6. The Labute approximate surface area is 153 Å². The summed E-state index contributed by atoms with van der Waals surface area (Å²) in [5, 5.41) is 10.5. The predicted octanol–water partition coefficient (Wildman–Crippen LogP) is 5.48. The maximum atomic E-state index is 6.07. The van der Waals surface area contributed by atoms with Crippen LogP contribution in [-0.2, 0) is 6.61 Å². The minimum Gasteiger partial charge on any atom is -0.485 e. The molecule has 24 heavy (non-hydrogen) atoms. The molecular weight excluding hydrogens is 365 g/mol. The maximum absolute atomic E-state index is 6.07. The third-order valence-corrected chi connectivity index (χ3v) is 4.54. The number of rotatable bonds is 5. The second kappa shape index (κ2) is 7.75. The molecule has 0 bridgehead atoms. The van der Waals surface area contributed by atoms with Crippen LogP contribution in [0.25, 0.3) is 0 Å². The molecule has 0 radical (unpaired) electrons. The monoisotopic (exact) mass is 377 g/mol. The van der Waals surface area contributed by atoms with Crippen LogP contribution in [-0.4, -0.2) is 16.4 Å². The van der Waals surface area contributed by atoms with Crippen LogP contribution in [0.15, 0.2) is 47.5 Å². The van der Waals surface area contributed by atoms with Gasteiger partial charge in [-0.05, 0) is 36.2 Å². The van der Waals surface area contributed by atoms with Crippen molar-refractivity contribution in [2.75, 3.05) is 0 Å². The molecule has 0 saturated carbocycles. The predicted molar refractivity (Wildman–Crippen MR) is 99.1 cm³/mol. The van der Waals surface area contributed by atoms with E-state index in [-0.39, 0.29) is 6.61 Å². The molecule has 0 spiro atoms. The first-order valence-electron chi connectivity index (χ1n) is 7.12. The smallest absolute Gasteiger partial charge is 0.231 e. The van der Waals surface area contributed by atoms with Gasteiger partial charge in [0, 0.05) is 11.2 Å². The number of hydrogen-bond donors (Lipinski definition) is 0. The van der Waals surface area contributed by atoms with E-state index in [4.69, 9.17) is 27.9 Å². The van der Waals surface area contributed by atoms with E-state index in [1.807, 2.05) is 31.2 Å². The van der Waals surface area contributed by atoms with Crippen molar-refractivity contribution in [1.29, 1.82) is 0 Å². The van der Waals surface area contributed by atoms with Crippen LogP contribution in [0, 0.1) is 6.92 Å². The highest BCUT2D eigenvalue weighted by molar-refractivity contribution is 7.14. The molecular formula is C17H13Cl2N3OS. The molecule has 3 rings (SSSR count). The van der Waals surface area contributed by atoms with Gasteiger partial charge in [-0.1, -0.05) is 58.8 Å². The highest BCUT2D eigenvalue weighted by Gasteiger charge is 2.07. The molecule has 7 heteroatoms. The SMILES string of the molecule is Cc1ccccc1C=Nc1nnc(COc2ccc(Cl)cc2Cl)s1. The van der Waals surface area contributed by atoms with E-state index in [1.54, 1.807) is 24.4 Å². The summed E-state index contributed by atoms with van der Waals surface area (Å²) < 4.78 is 5.64. The third kappa shape index (κ3) is 4.32. The standard InChI is InChI=1S/C17H13Cl2N3OS/c1-11-4-2-3-5-12(11)9-20-17-22-21-16(24-17)10-23-15-7-6-13(18)8-14(15)19/h2-9H,10H2,1H3. The summed E-state index contributed by atoms with van der Waals surface area (Å²) in [4.78, 5) is 4.36. The highest BCUT2D eigenvalue weighted by atomic mass is 35.5. The van der Waals surface area contributed by atoms with E-state index < -0.39 is 0 Å². The first-order valence-corrected chi connectivity index (χ1v) is 8.69. The summed E-state index contributed by atoms with van der Waals surface area (Å²) in [6.07, 6.45) is 1.79. The van der Waals surface area contributed by atoms with E-state index in [9.17, 15) is 0 Å². The van der Waals surface area contributed by atoms with E-state index in [0.717, 1.165) is 16.1 Å². The number of aromatic nitrogens is 2. The van der Waals surface area contributed by atoms with Gasteiger partial charge in [0.2, 0.25) is 5.13 Å². The van der Waals surface area contributed by atoms with Crippen LogP contribution in [0.5, 0.6) is 5.75 Å². The van der Waals surface area contributed by atoms with E-state index >= 15 is 0 Å². The van der Waals surface area contributed by atoms with Crippen LogP contribution < -0.4 is 4.74 Å². The molecule has 0 aliphatic carbocycles. The van der Waals surface area contributed by atoms with Gasteiger partial charge in [-0.25, -0.2) is 4.99 Å². The minimum absolute atomic E-state index is 0.277. The average Bonchev–Trinajstić information content (AvgIpc) is 3.01. The van der Waals surface area contributed by atoms with Gasteiger partial charge in [-0.3, -0.25) is 0 Å². The molecule has 4 nitrogen and oxygen atoms in total. The summed E-state index contributed by atoms with van der Waals surface area (Å²) >= 11 is 13.3. The van der Waals surface area contributed by atoms with Gasteiger partial charge < -0.3 is 4.74 Å². The molecule has 122 valence electrons. The normalized spacial score (nSPS) is 11.1. The van der Waals surface area contributed by atoms with Crippen molar-refractivity contribution in [3.63, 3.8) is 0 Å². The number of aryl methyl sites for hydroxylation is 1. The van der Waals surface area contributed by atoms with Crippen molar-refractivity contribution in [3.8, 4) is 5.75 Å². The summed E-state index contributed by atoms with van der Waals surface area (Å²) in [5.74, 6) is 0.557. The molecule has 0 N–H and O–H groups in total. The summed E-state index contributed by atoms with van der Waals surface area (Å²) in [5.41, 5.74) is 2.21. The lowest BCUT2D eigenvalue weighted by Crippen LogP contribution is -1.95. The number of ether oxygens (including phenoxy) is 1. The molecule has 0 saturated heterocycles. The van der Waals surface area contributed by atoms with Crippen molar-refractivity contribution < 1.29 is 4.74 Å². The van der Waals surface area contributed by atoms with Crippen molar-refractivity contribution in [1.82, 2.24) is 10.2 Å². The lowest BCUT2D eigenvalue weighted by atomic mass is 10.1. The molecule has 0 fully saturated rings. The minimum atomic E-state index is 0.277. The highest BCUT2D eigenvalue weighted by Crippen LogP contribution is 2.29. The molecule has 3 aromatic rings. The van der Waals surface area contributed by atoms with Crippen LogP contribution in [0.2, 0.25) is 10.0 Å². The number of nitrogens with zero attached hydrogens (tertiary/aromatic N) is 3. The second-order valence-corrected chi connectivity index (χ2v) is 6.84. The number of benzene rings is 2. The van der Waals surface area contributed by atoms with Crippen LogP contribution in [0.4, 0.5) is 5.13 Å². The number of aliphatic imine (C=N–C) groups is 1. The Hall–Kier alpha value is -1.95. The topological polar surface area (TPSA) is 47.4 Å². The summed E-state index contributed by atoms with van der Waals surface area (Å²) in [6, 6.07) is 13.1. The molecule has 1 heterocycles. The molecule has 1 aromatic heterocycles. The van der Waals surface area contributed by atoms with Gasteiger partial charge in [-0.15, -0.1) is 10.2 Å². The molecule has 0 aliphatic heterocycles. The Kier molecular flexibility index (Phi) is 5.45. The van der Waals surface area contributed by atoms with Crippen LogP contribution in [0.3, 0.4) is 0 Å². The molecule has 0 unspecified atom stereocenters. The Morgan fingerprint density at radius 3 is 2.79 bits per heavy atom. The fraction of sp³-hybridized carbons (Fsp3) is 0.118. The van der Waals surface area contributed by atoms with Crippen LogP contribution >= 0.6 is 34.5 Å². The van der Waals surface area contributed by atoms with Crippen molar-refractivity contribution in [2.45, 2.75) is 13.5 Å². The Morgan fingerprint density at radius 1 is 1.17 bits per heavy atom. The zero-order valence-electron chi connectivity index (χ0n) is 12.7. The van der Waals surface area contributed by atoms with Gasteiger partial charge in [0.15, 0.2) is 5.01 Å². The summed E-state index contributed by atoms with van der Waals surface area (Å²) in [6.45, 7) is 2.31. The van der Waals surface area contributed by atoms with Crippen molar-refractivity contribution >= 4 is 45.9 Å². The molecule has 2 aromatic carbocycles. The van der Waals surface area contributed by atoms with Crippen molar-refractivity contribution in [2.24, 2.45) is 4.99 Å². The Morgan fingerprint density at radius 2 is 2.00 bits per heavy atom. The summed E-state index contributed by atoms with van der Waals surface area (Å²) in [7, 11) is 0. The Balaban J connectivity index is 1.64. The fourth-order valence-corrected chi connectivity index (χ4v) is 3.00. The molecule has 0 atom stereocenters. The van der Waals surface area contributed by atoms with E-state index in [1.165, 1.54) is 11.3 Å². The number of hydrogen-bond acceptors (Lipinski definition) is 5. The third-order valence-electron chi connectivity index (χ3n) is 3.20.